The van der Waals surface area contributed by atoms with E-state index in [1.807, 2.05) is 24.3 Å². The van der Waals surface area contributed by atoms with Crippen molar-refractivity contribution >= 4 is 11.9 Å². The van der Waals surface area contributed by atoms with E-state index >= 15 is 0 Å². The van der Waals surface area contributed by atoms with E-state index in [9.17, 15) is 9.59 Å². The molecule has 4 N–H and O–H groups in total. The Bertz CT molecular complexity index is 1250. The van der Waals surface area contributed by atoms with Gasteiger partial charge in [-0.05, 0) is 59.1 Å². The van der Waals surface area contributed by atoms with Crippen LogP contribution >= 0.6 is 0 Å². The molecule has 0 aliphatic carbocycles. The summed E-state index contributed by atoms with van der Waals surface area (Å²) >= 11 is 0. The Kier molecular flexibility index (Phi) is 8.44. The summed E-state index contributed by atoms with van der Waals surface area (Å²) in [6.45, 7) is 7.71. The normalized spacial score (nSPS) is 24.2. The zero-order chi connectivity index (χ0) is 29.2. The van der Waals surface area contributed by atoms with Crippen molar-refractivity contribution in [3.8, 4) is 0 Å². The van der Waals surface area contributed by atoms with Crippen molar-refractivity contribution in [2.24, 2.45) is 0 Å². The monoisotopic (exact) mass is 576 g/mol. The number of esters is 2. The molecule has 10 nitrogen and oxygen atoms in total. The molecule has 4 heterocycles. The number of benzene rings is 2. The largest absolute Gasteiger partial charge is 0.424 e. The maximum Gasteiger partial charge on any atom is 0.333 e. The third kappa shape index (κ3) is 5.39. The lowest BCUT2D eigenvalue weighted by Crippen LogP contribution is -2.59. The van der Waals surface area contributed by atoms with Crippen molar-refractivity contribution < 1.29 is 28.5 Å². The number of rotatable bonds is 8. The van der Waals surface area contributed by atoms with Gasteiger partial charge in [0.25, 0.3) is 11.7 Å². The second-order valence-corrected chi connectivity index (χ2v) is 11.0. The van der Waals surface area contributed by atoms with Crippen LogP contribution in [0.1, 0.15) is 59.4 Å². The van der Waals surface area contributed by atoms with E-state index in [2.05, 4.69) is 47.2 Å². The highest BCUT2D eigenvalue weighted by atomic mass is 16.6. The lowest BCUT2D eigenvalue weighted by molar-refractivity contribution is -0.190. The summed E-state index contributed by atoms with van der Waals surface area (Å²) in [7, 11) is 0. The summed E-state index contributed by atoms with van der Waals surface area (Å²) in [6, 6.07) is 12.3. The van der Waals surface area contributed by atoms with Gasteiger partial charge in [0.15, 0.2) is 12.2 Å². The Morgan fingerprint density at radius 2 is 1.14 bits per heavy atom. The molecule has 0 amide bonds. The molecule has 2 atom stereocenters. The van der Waals surface area contributed by atoms with Crippen LogP contribution in [0.3, 0.4) is 0 Å². The molecule has 2 fully saturated rings. The van der Waals surface area contributed by atoms with Crippen LogP contribution in [0.4, 0.5) is 0 Å². The number of ether oxygens (including phenoxy) is 4. The number of fused-ring (bicyclic) bond motifs is 2. The van der Waals surface area contributed by atoms with Gasteiger partial charge in [-0.1, -0.05) is 50.2 Å². The third-order valence-corrected chi connectivity index (χ3v) is 8.64. The van der Waals surface area contributed by atoms with Crippen LogP contribution in [0.5, 0.6) is 0 Å². The van der Waals surface area contributed by atoms with Crippen LogP contribution in [0.2, 0.25) is 0 Å². The smallest absolute Gasteiger partial charge is 0.333 e. The van der Waals surface area contributed by atoms with Gasteiger partial charge in [0, 0.05) is 38.3 Å². The summed E-state index contributed by atoms with van der Waals surface area (Å²) < 4.78 is 24.3. The average Bonchev–Trinajstić information content (AvgIpc) is 3.70. The van der Waals surface area contributed by atoms with Crippen LogP contribution in [0, 0.1) is 0 Å². The molecule has 2 aromatic rings. The molecule has 0 radical (unpaired) electrons. The lowest BCUT2D eigenvalue weighted by atomic mass is 9.90. The van der Waals surface area contributed by atoms with Crippen molar-refractivity contribution in [2.45, 2.75) is 63.4 Å². The third-order valence-electron chi connectivity index (χ3n) is 8.64. The van der Waals surface area contributed by atoms with Gasteiger partial charge in [-0.3, -0.25) is 21.3 Å². The number of aryl methyl sites for hydroxylation is 2. The summed E-state index contributed by atoms with van der Waals surface area (Å²) in [5.74, 6) is -3.88. The minimum absolute atomic E-state index is 0.522. The molecule has 4 aliphatic heterocycles. The van der Waals surface area contributed by atoms with Crippen LogP contribution in [-0.4, -0.2) is 63.0 Å². The van der Waals surface area contributed by atoms with Crippen molar-refractivity contribution in [3.05, 3.63) is 81.9 Å². The van der Waals surface area contributed by atoms with Gasteiger partial charge in [0.05, 0.1) is 13.2 Å². The molecule has 2 saturated heterocycles. The minimum Gasteiger partial charge on any atom is -0.424 e. The Morgan fingerprint density at radius 3 is 1.52 bits per heavy atom. The predicted octanol–water partition coefficient (Wildman–Crippen LogP) is 2.08. The highest BCUT2D eigenvalue weighted by molar-refractivity contribution is 5.92. The number of carbonyl (C=O) groups is 2. The maximum atomic E-state index is 13.1. The molecule has 0 spiro atoms. The fourth-order valence-corrected chi connectivity index (χ4v) is 6.74. The van der Waals surface area contributed by atoms with Crippen molar-refractivity contribution in [1.82, 2.24) is 21.3 Å². The van der Waals surface area contributed by atoms with Crippen LogP contribution in [0.25, 0.3) is 0 Å². The summed E-state index contributed by atoms with van der Waals surface area (Å²) in [6.07, 6.45) is 4.58. The molecule has 0 aromatic heterocycles. The molecule has 2 aromatic carbocycles. The van der Waals surface area contributed by atoms with E-state index in [-0.39, 0.29) is 0 Å². The van der Waals surface area contributed by atoms with Crippen molar-refractivity contribution in [3.63, 3.8) is 0 Å². The first-order chi connectivity index (χ1) is 20.5. The molecule has 4 aliphatic rings. The first-order valence-corrected chi connectivity index (χ1v) is 15.1. The average molecular weight is 577 g/mol. The van der Waals surface area contributed by atoms with Crippen LogP contribution in [-0.2, 0) is 54.2 Å². The van der Waals surface area contributed by atoms with Gasteiger partial charge in [-0.25, -0.2) is 9.59 Å². The lowest BCUT2D eigenvalue weighted by Gasteiger charge is -2.40. The maximum absolute atomic E-state index is 13.1. The molecule has 10 heteroatoms. The Balaban J connectivity index is 1.18. The molecule has 2 unspecified atom stereocenters. The van der Waals surface area contributed by atoms with Gasteiger partial charge in [-0.15, -0.1) is 0 Å². The van der Waals surface area contributed by atoms with Crippen LogP contribution < -0.4 is 21.3 Å². The number of hydrogen-bond acceptors (Lipinski definition) is 10. The predicted molar refractivity (Wildman–Crippen MR) is 155 cm³/mol. The standard InChI is InChI=1S/C32H40N4O6/c1-3-21-7-5-9-25-23(21)13-19-39-29(25)31(33-15-16-34-31)41-27(37)11-12-28(38)42-32(35-17-18-36-32)30-26-10-6-8-22(4-2)24(26)14-20-40-30/h5-12,29-30,33-36H,3-4,13-20H2,1-2H3/b12-11+. The Morgan fingerprint density at radius 1 is 0.738 bits per heavy atom. The quantitative estimate of drug-likeness (QED) is 0.275. The molecule has 224 valence electrons. The van der Waals surface area contributed by atoms with Crippen LogP contribution in [0.15, 0.2) is 48.6 Å². The molecular weight excluding hydrogens is 536 g/mol. The van der Waals surface area contributed by atoms with Gasteiger partial charge < -0.3 is 18.9 Å². The van der Waals surface area contributed by atoms with Gasteiger partial charge in [0.1, 0.15) is 0 Å². The van der Waals surface area contributed by atoms with E-state index in [1.54, 1.807) is 0 Å². The molecule has 0 bridgehead atoms. The van der Waals surface area contributed by atoms with E-state index in [0.717, 1.165) is 49.0 Å². The van der Waals surface area contributed by atoms with E-state index < -0.39 is 35.8 Å². The van der Waals surface area contributed by atoms with Gasteiger partial charge in [-0.2, -0.15) is 0 Å². The topological polar surface area (TPSA) is 119 Å². The Hall–Kier alpha value is -3.12. The van der Waals surface area contributed by atoms with Crippen molar-refractivity contribution in [2.75, 3.05) is 39.4 Å². The number of carbonyl (C=O) groups excluding carboxylic acids is 2. The number of nitrogens with one attached hydrogen (secondary N) is 4. The number of hydrogen-bond donors (Lipinski definition) is 4. The zero-order valence-corrected chi connectivity index (χ0v) is 24.3. The molecule has 0 saturated carbocycles. The van der Waals surface area contributed by atoms with E-state index in [1.165, 1.54) is 22.3 Å². The summed E-state index contributed by atoms with van der Waals surface area (Å²) in [5, 5.41) is 13.2. The highest BCUT2D eigenvalue weighted by Crippen LogP contribution is 2.39. The fourth-order valence-electron chi connectivity index (χ4n) is 6.74. The second-order valence-electron chi connectivity index (χ2n) is 11.0. The first kappa shape index (κ1) is 29.0. The molecular formula is C32H40N4O6. The highest BCUT2D eigenvalue weighted by Gasteiger charge is 2.50. The zero-order valence-electron chi connectivity index (χ0n) is 24.3. The van der Waals surface area contributed by atoms with Crippen molar-refractivity contribution in [1.29, 1.82) is 0 Å². The fraction of sp³-hybridized carbons (Fsp3) is 0.500. The minimum atomic E-state index is -1.25. The SMILES string of the molecule is CCc1cccc2c1CCOC2C1(OC(=O)/C=C/C(=O)OC2(C3OCCc4c(CC)cccc43)NCCN2)NCCN1. The van der Waals surface area contributed by atoms with Gasteiger partial charge >= 0.3 is 11.9 Å². The second kappa shape index (κ2) is 12.2. The summed E-state index contributed by atoms with van der Waals surface area (Å²) in [5.41, 5.74) is 7.00. The molecule has 42 heavy (non-hydrogen) atoms. The van der Waals surface area contributed by atoms with E-state index in [0.29, 0.717) is 39.4 Å². The first-order valence-electron chi connectivity index (χ1n) is 15.1. The summed E-state index contributed by atoms with van der Waals surface area (Å²) in [4.78, 5) is 26.3. The van der Waals surface area contributed by atoms with Gasteiger partial charge in [0.2, 0.25) is 0 Å². The Labute approximate surface area is 246 Å². The molecule has 6 rings (SSSR count). The van der Waals surface area contributed by atoms with E-state index in [4.69, 9.17) is 18.9 Å².